The highest BCUT2D eigenvalue weighted by Gasteiger charge is 2.34. The first-order valence-electron chi connectivity index (χ1n) is 10.2. The largest absolute Gasteiger partial charge is 0.349 e. The molecule has 2 atom stereocenters. The molecule has 1 fully saturated rings. The number of aryl methyl sites for hydroxylation is 1. The van der Waals surface area contributed by atoms with Crippen LogP contribution < -0.4 is 5.32 Å². The first-order valence-corrected chi connectivity index (χ1v) is 12.1. The van der Waals surface area contributed by atoms with Crippen molar-refractivity contribution in [3.63, 3.8) is 0 Å². The van der Waals surface area contributed by atoms with Gasteiger partial charge in [-0.15, -0.1) is 0 Å². The zero-order valence-electron chi connectivity index (χ0n) is 17.8. The summed E-state index contributed by atoms with van der Waals surface area (Å²) in [6.45, 7) is 3.38. The molecule has 1 aliphatic heterocycles. The van der Waals surface area contributed by atoms with Gasteiger partial charge in [-0.2, -0.15) is 5.10 Å². The molecule has 0 spiro atoms. The molecular weight excluding hydrogens is 450 g/mol. The second kappa shape index (κ2) is 7.95. The normalized spacial score (nSPS) is 16.9. The number of halogens is 1. The lowest BCUT2D eigenvalue weighted by Gasteiger charge is -2.40. The Morgan fingerprint density at radius 2 is 2.16 bits per heavy atom. The van der Waals surface area contributed by atoms with E-state index in [9.17, 15) is 9.00 Å². The Bertz CT molecular complexity index is 1380. The molecule has 9 nitrogen and oxygen atoms in total. The number of hydrogen-bond donors (Lipinski definition) is 2. The van der Waals surface area contributed by atoms with Crippen LogP contribution in [0.25, 0.3) is 33.5 Å². The predicted molar refractivity (Wildman–Crippen MR) is 125 cm³/mol. The monoisotopic (exact) mass is 471 g/mol. The van der Waals surface area contributed by atoms with Crippen LogP contribution in [0.5, 0.6) is 0 Å². The highest BCUT2D eigenvalue weighted by Crippen LogP contribution is 2.29. The van der Waals surface area contributed by atoms with Gasteiger partial charge in [-0.25, -0.2) is 18.5 Å². The van der Waals surface area contributed by atoms with Crippen LogP contribution >= 0.6 is 11.6 Å². The second-order valence-corrected chi connectivity index (χ2v) is 9.88. The third kappa shape index (κ3) is 3.58. The lowest BCUT2D eigenvalue weighted by atomic mass is 9.95. The summed E-state index contributed by atoms with van der Waals surface area (Å²) in [5.74, 6) is 0.0466. The Morgan fingerprint density at radius 1 is 1.38 bits per heavy atom. The number of rotatable bonds is 5. The van der Waals surface area contributed by atoms with Gasteiger partial charge < -0.3 is 10.3 Å². The SMILES string of the molecule is CC(NC(=O)c1c[nH]c2ncc(-c3nn(C)c4cc(Cl)ccc34)nc12)C1CN(S(C)=O)C1. The molecule has 1 saturated heterocycles. The topological polar surface area (TPSA) is 109 Å². The minimum atomic E-state index is -0.970. The van der Waals surface area contributed by atoms with Crippen molar-refractivity contribution in [3.05, 3.63) is 41.2 Å². The third-order valence-electron chi connectivity index (χ3n) is 5.99. The molecule has 166 valence electrons. The number of aromatic nitrogens is 5. The van der Waals surface area contributed by atoms with Crippen LogP contribution in [0.1, 0.15) is 17.3 Å². The number of H-pyrrole nitrogens is 1. The fraction of sp³-hybridized carbons (Fsp3) is 0.333. The average molecular weight is 472 g/mol. The molecule has 0 aliphatic carbocycles. The molecule has 2 unspecified atom stereocenters. The molecule has 11 heteroatoms. The first-order chi connectivity index (χ1) is 15.3. The average Bonchev–Trinajstić information content (AvgIpc) is 3.27. The van der Waals surface area contributed by atoms with Gasteiger partial charge in [0.15, 0.2) is 5.65 Å². The molecule has 5 rings (SSSR count). The molecule has 1 aliphatic rings. The number of carbonyl (C=O) groups excluding carboxylic acids is 1. The highest BCUT2D eigenvalue weighted by atomic mass is 35.5. The molecule has 3 aromatic heterocycles. The zero-order chi connectivity index (χ0) is 22.6. The molecule has 4 heterocycles. The fourth-order valence-electron chi connectivity index (χ4n) is 4.00. The van der Waals surface area contributed by atoms with Gasteiger partial charge in [0.05, 0.1) is 28.3 Å². The smallest absolute Gasteiger partial charge is 0.255 e. The van der Waals surface area contributed by atoms with E-state index < -0.39 is 11.0 Å². The van der Waals surface area contributed by atoms with Crippen LogP contribution in [0.15, 0.2) is 30.6 Å². The fourth-order valence-corrected chi connectivity index (χ4v) is 4.97. The molecule has 1 aromatic carbocycles. The Hall–Kier alpha value is -2.82. The third-order valence-corrected chi connectivity index (χ3v) is 7.25. The van der Waals surface area contributed by atoms with Gasteiger partial charge in [-0.05, 0) is 25.1 Å². The maximum Gasteiger partial charge on any atom is 0.255 e. The van der Waals surface area contributed by atoms with E-state index in [4.69, 9.17) is 16.6 Å². The Labute approximate surface area is 191 Å². The van der Waals surface area contributed by atoms with Gasteiger partial charge in [0.2, 0.25) is 0 Å². The summed E-state index contributed by atoms with van der Waals surface area (Å²) < 4.78 is 15.1. The van der Waals surface area contributed by atoms with Crippen LogP contribution in [-0.2, 0) is 18.0 Å². The lowest BCUT2D eigenvalue weighted by Crippen LogP contribution is -2.55. The van der Waals surface area contributed by atoms with Crippen LogP contribution in [0.3, 0.4) is 0 Å². The molecule has 0 radical (unpaired) electrons. The van der Waals surface area contributed by atoms with E-state index in [2.05, 4.69) is 20.4 Å². The van der Waals surface area contributed by atoms with Gasteiger partial charge in [-0.3, -0.25) is 9.48 Å². The number of nitrogens with zero attached hydrogens (tertiary/aromatic N) is 5. The minimum Gasteiger partial charge on any atom is -0.349 e. The van der Waals surface area contributed by atoms with E-state index in [1.807, 2.05) is 36.5 Å². The van der Waals surface area contributed by atoms with Gasteiger partial charge in [0, 0.05) is 55.0 Å². The van der Waals surface area contributed by atoms with Crippen LogP contribution in [0.4, 0.5) is 0 Å². The molecule has 32 heavy (non-hydrogen) atoms. The van der Waals surface area contributed by atoms with E-state index in [0.717, 1.165) is 10.9 Å². The van der Waals surface area contributed by atoms with Gasteiger partial charge >= 0.3 is 0 Å². The van der Waals surface area contributed by atoms with Crippen LogP contribution in [-0.4, -0.2) is 64.5 Å². The van der Waals surface area contributed by atoms with Gasteiger partial charge in [0.1, 0.15) is 16.9 Å². The van der Waals surface area contributed by atoms with Gasteiger partial charge in [-0.1, -0.05) is 11.6 Å². The number of amides is 1. The summed E-state index contributed by atoms with van der Waals surface area (Å²) in [6, 6.07) is 5.52. The summed E-state index contributed by atoms with van der Waals surface area (Å²) in [5.41, 5.74) is 3.59. The van der Waals surface area contributed by atoms with Crippen LogP contribution in [0, 0.1) is 5.92 Å². The van der Waals surface area contributed by atoms with E-state index >= 15 is 0 Å². The summed E-state index contributed by atoms with van der Waals surface area (Å²) in [6.07, 6.45) is 4.94. The van der Waals surface area contributed by atoms with E-state index in [-0.39, 0.29) is 17.9 Å². The summed E-state index contributed by atoms with van der Waals surface area (Å²) >= 11 is 6.13. The zero-order valence-corrected chi connectivity index (χ0v) is 19.4. The van der Waals surface area contributed by atoms with Crippen LogP contribution in [0.2, 0.25) is 5.02 Å². The van der Waals surface area contributed by atoms with Crippen molar-refractivity contribution in [1.82, 2.24) is 34.4 Å². The quantitative estimate of drug-likeness (QED) is 0.465. The summed E-state index contributed by atoms with van der Waals surface area (Å²) in [5, 5.41) is 9.18. The number of benzene rings is 1. The maximum absolute atomic E-state index is 13.0. The van der Waals surface area contributed by atoms with E-state index in [1.54, 1.807) is 23.3 Å². The lowest BCUT2D eigenvalue weighted by molar-refractivity contribution is 0.0890. The number of nitrogens with one attached hydrogen (secondary N) is 2. The second-order valence-electron chi connectivity index (χ2n) is 8.08. The van der Waals surface area contributed by atoms with Gasteiger partial charge in [0.25, 0.3) is 5.91 Å². The number of aromatic amines is 1. The predicted octanol–water partition coefficient (Wildman–Crippen LogP) is 2.51. The molecular formula is C21H22ClN7O2S. The Balaban J connectivity index is 1.43. The van der Waals surface area contributed by atoms with Crippen molar-refractivity contribution >= 4 is 50.6 Å². The molecule has 2 N–H and O–H groups in total. The Morgan fingerprint density at radius 3 is 2.91 bits per heavy atom. The first kappa shape index (κ1) is 21.0. The van der Waals surface area contributed by atoms with E-state index in [0.29, 0.717) is 46.2 Å². The minimum absolute atomic E-state index is 0.0483. The summed E-state index contributed by atoms with van der Waals surface area (Å²) in [7, 11) is 0.878. The summed E-state index contributed by atoms with van der Waals surface area (Å²) in [4.78, 5) is 25.2. The van der Waals surface area contributed by atoms with Crippen molar-refractivity contribution < 1.29 is 9.00 Å². The highest BCUT2D eigenvalue weighted by molar-refractivity contribution is 7.81. The van der Waals surface area contributed by atoms with E-state index in [1.165, 1.54) is 0 Å². The molecule has 1 amide bonds. The van der Waals surface area contributed by atoms with Crippen molar-refractivity contribution in [2.75, 3.05) is 19.3 Å². The number of fused-ring (bicyclic) bond motifs is 2. The molecule has 4 aromatic rings. The maximum atomic E-state index is 13.0. The standard InChI is InChI=1S/C21H22ClN7O2S/c1-11(12-9-29(10-12)32(3)31)25-21(30)15-7-23-20-19(15)26-16(8-24-20)18-14-5-4-13(22)6-17(14)28(2)27-18/h4-8,11-12H,9-10H2,1-3H3,(H,23,24)(H,25,30). The molecule has 0 saturated carbocycles. The number of carbonyl (C=O) groups is 1. The molecule has 0 bridgehead atoms. The van der Waals surface area contributed by atoms with Crippen molar-refractivity contribution in [3.8, 4) is 11.4 Å². The van der Waals surface area contributed by atoms with Crippen molar-refractivity contribution in [1.29, 1.82) is 0 Å². The Kier molecular flexibility index (Phi) is 5.23. The van der Waals surface area contributed by atoms with Crippen molar-refractivity contribution in [2.45, 2.75) is 13.0 Å². The number of hydrogen-bond acceptors (Lipinski definition) is 5. The van der Waals surface area contributed by atoms with Crippen molar-refractivity contribution in [2.24, 2.45) is 13.0 Å².